The number of hydrogen-bond acceptors (Lipinski definition) is 3. The lowest BCUT2D eigenvalue weighted by Gasteiger charge is -2.32. The second-order valence-electron chi connectivity index (χ2n) is 6.83. The van der Waals surface area contributed by atoms with Crippen molar-refractivity contribution in [2.45, 2.75) is 39.3 Å². The number of hydrogen-bond donors (Lipinski definition) is 1. The second-order valence-corrected chi connectivity index (χ2v) is 8.00. The Hall–Kier alpha value is -1.43. The molecular weight excluding hydrogens is 371 g/mol. The van der Waals surface area contributed by atoms with Gasteiger partial charge in [0.2, 0.25) is 5.91 Å². The molecule has 1 N–H and O–H groups in total. The third-order valence-electron chi connectivity index (χ3n) is 4.72. The summed E-state index contributed by atoms with van der Waals surface area (Å²) in [7, 11) is 0. The highest BCUT2D eigenvalue weighted by Crippen LogP contribution is 2.31. The summed E-state index contributed by atoms with van der Waals surface area (Å²) in [5, 5.41) is 3.31. The number of rotatable bonds is 5. The van der Waals surface area contributed by atoms with Gasteiger partial charge in [0, 0.05) is 27.3 Å². The van der Waals surface area contributed by atoms with E-state index in [2.05, 4.69) is 19.2 Å². The molecule has 26 heavy (non-hydrogen) atoms. The largest absolute Gasteiger partial charge is 0.335 e. The highest BCUT2D eigenvalue weighted by Gasteiger charge is 2.27. The lowest BCUT2D eigenvalue weighted by Crippen LogP contribution is -2.43. The number of thiophene rings is 1. The van der Waals surface area contributed by atoms with E-state index in [0.29, 0.717) is 12.1 Å². The maximum Gasteiger partial charge on any atom is 0.226 e. The summed E-state index contributed by atoms with van der Waals surface area (Å²) >= 11 is 1.56. The quantitative estimate of drug-likeness (QED) is 0.793. The topological polar surface area (TPSA) is 32.3 Å². The number of nitrogens with one attached hydrogen (secondary N) is 1. The Morgan fingerprint density at radius 2 is 1.92 bits per heavy atom. The highest BCUT2D eigenvalue weighted by molar-refractivity contribution is 7.15. The first-order valence-electron chi connectivity index (χ1n) is 8.91. The predicted molar refractivity (Wildman–Crippen MR) is 108 cm³/mol. The van der Waals surface area contributed by atoms with E-state index in [1.807, 2.05) is 23.1 Å². The summed E-state index contributed by atoms with van der Waals surface area (Å²) in [6.45, 7) is 6.55. The lowest BCUT2D eigenvalue weighted by molar-refractivity contribution is -0.138. The maximum absolute atomic E-state index is 14.0. The van der Waals surface area contributed by atoms with Crippen LogP contribution in [0.3, 0.4) is 0 Å². The van der Waals surface area contributed by atoms with Gasteiger partial charge in [-0.25, -0.2) is 4.39 Å². The first-order valence-corrected chi connectivity index (χ1v) is 9.72. The summed E-state index contributed by atoms with van der Waals surface area (Å²) in [5.74, 6) is 0.161. The number of benzene rings is 1. The number of amides is 1. The summed E-state index contributed by atoms with van der Waals surface area (Å²) in [6, 6.07) is 10.9. The molecule has 1 fully saturated rings. The zero-order chi connectivity index (χ0) is 17.8. The summed E-state index contributed by atoms with van der Waals surface area (Å²) in [4.78, 5) is 16.9. The Kier molecular flexibility index (Phi) is 7.62. The summed E-state index contributed by atoms with van der Waals surface area (Å²) in [5.41, 5.74) is 0.625. The Labute approximate surface area is 165 Å². The van der Waals surface area contributed by atoms with Crippen LogP contribution in [0.4, 0.5) is 4.39 Å². The molecule has 0 unspecified atom stereocenters. The monoisotopic (exact) mass is 396 g/mol. The molecule has 0 aliphatic carbocycles. The Balaban J connectivity index is 0.00000243. The van der Waals surface area contributed by atoms with Crippen molar-refractivity contribution in [3.63, 3.8) is 0 Å². The average Bonchev–Trinajstić information content (AvgIpc) is 3.08. The molecule has 1 saturated heterocycles. The van der Waals surface area contributed by atoms with Gasteiger partial charge in [-0.1, -0.05) is 18.2 Å². The zero-order valence-corrected chi connectivity index (χ0v) is 16.8. The van der Waals surface area contributed by atoms with Gasteiger partial charge in [0.1, 0.15) is 5.82 Å². The number of piperidine rings is 1. The normalized spacial score (nSPS) is 14.9. The van der Waals surface area contributed by atoms with Gasteiger partial charge in [0.05, 0.1) is 6.54 Å². The van der Waals surface area contributed by atoms with Crippen LogP contribution in [0.15, 0.2) is 36.4 Å². The van der Waals surface area contributed by atoms with Crippen molar-refractivity contribution in [1.82, 2.24) is 10.2 Å². The van der Waals surface area contributed by atoms with Gasteiger partial charge < -0.3 is 10.2 Å². The van der Waals surface area contributed by atoms with Crippen molar-refractivity contribution in [3.05, 3.63) is 47.1 Å². The average molecular weight is 397 g/mol. The van der Waals surface area contributed by atoms with Crippen molar-refractivity contribution in [2.75, 3.05) is 13.1 Å². The maximum atomic E-state index is 14.0. The lowest BCUT2D eigenvalue weighted by atomic mass is 9.96. The second kappa shape index (κ2) is 9.49. The molecule has 0 atom stereocenters. The van der Waals surface area contributed by atoms with Crippen LogP contribution in [0.1, 0.15) is 31.6 Å². The van der Waals surface area contributed by atoms with Crippen molar-refractivity contribution in [1.29, 1.82) is 0 Å². The number of carbonyl (C=O) groups excluding carboxylic acids is 1. The molecule has 1 aliphatic heterocycles. The van der Waals surface area contributed by atoms with E-state index in [-0.39, 0.29) is 36.1 Å². The molecule has 142 valence electrons. The minimum absolute atomic E-state index is 0. The molecular formula is C20H26ClFN2OS. The number of nitrogens with zero attached hydrogens (tertiary/aromatic N) is 1. The molecule has 1 aromatic heterocycles. The van der Waals surface area contributed by atoms with Gasteiger partial charge >= 0.3 is 0 Å². The van der Waals surface area contributed by atoms with Crippen LogP contribution < -0.4 is 5.32 Å². The van der Waals surface area contributed by atoms with Crippen molar-refractivity contribution < 1.29 is 9.18 Å². The van der Waals surface area contributed by atoms with Gasteiger partial charge in [0.15, 0.2) is 0 Å². The summed E-state index contributed by atoms with van der Waals surface area (Å²) < 4.78 is 14.0. The molecule has 2 aromatic rings. The van der Waals surface area contributed by atoms with Crippen LogP contribution in [0.2, 0.25) is 0 Å². The fraction of sp³-hybridized carbons (Fsp3) is 0.450. The molecule has 6 heteroatoms. The van der Waals surface area contributed by atoms with Crippen LogP contribution in [-0.4, -0.2) is 29.9 Å². The number of carbonyl (C=O) groups is 1. The van der Waals surface area contributed by atoms with E-state index >= 15 is 0 Å². The smallest absolute Gasteiger partial charge is 0.226 e. The van der Waals surface area contributed by atoms with Gasteiger partial charge in [-0.15, -0.1) is 23.7 Å². The first-order chi connectivity index (χ1) is 12.1. The molecule has 0 saturated carbocycles. The molecule has 3 nitrogen and oxygen atoms in total. The molecule has 1 aromatic carbocycles. The Bertz CT molecular complexity index is 728. The van der Waals surface area contributed by atoms with Crippen LogP contribution in [0, 0.1) is 11.7 Å². The van der Waals surface area contributed by atoms with Crippen LogP contribution in [-0.2, 0) is 11.3 Å². The summed E-state index contributed by atoms with van der Waals surface area (Å²) in [6.07, 6.45) is 1.82. The molecule has 1 aliphatic rings. The molecule has 2 heterocycles. The highest BCUT2D eigenvalue weighted by atomic mass is 35.5. The van der Waals surface area contributed by atoms with Crippen molar-refractivity contribution in [2.24, 2.45) is 5.92 Å². The van der Waals surface area contributed by atoms with E-state index < -0.39 is 0 Å². The fourth-order valence-corrected chi connectivity index (χ4v) is 4.29. The van der Waals surface area contributed by atoms with E-state index in [4.69, 9.17) is 0 Å². The minimum Gasteiger partial charge on any atom is -0.335 e. The van der Waals surface area contributed by atoms with Gasteiger partial charge in [-0.3, -0.25) is 4.79 Å². The van der Waals surface area contributed by atoms with E-state index in [1.54, 1.807) is 23.5 Å². The molecule has 3 rings (SSSR count). The fourth-order valence-electron chi connectivity index (χ4n) is 3.25. The SMILES string of the molecule is CC(C)N(Cc1ccc(-c2ccccc2F)s1)C(=O)C1CCNCC1.Cl. The third-order valence-corrected chi connectivity index (χ3v) is 5.83. The third kappa shape index (κ3) is 4.84. The number of halogens is 2. The van der Waals surface area contributed by atoms with Crippen LogP contribution in [0.25, 0.3) is 10.4 Å². The zero-order valence-electron chi connectivity index (χ0n) is 15.2. The van der Waals surface area contributed by atoms with E-state index in [9.17, 15) is 9.18 Å². The molecule has 0 bridgehead atoms. The van der Waals surface area contributed by atoms with Gasteiger partial charge in [-0.05, 0) is 58.0 Å². The van der Waals surface area contributed by atoms with Crippen LogP contribution in [0.5, 0.6) is 0 Å². The Morgan fingerprint density at radius 1 is 1.23 bits per heavy atom. The molecule has 1 amide bonds. The predicted octanol–water partition coefficient (Wildman–Crippen LogP) is 4.71. The standard InChI is InChI=1S/C20H25FN2OS.ClH/c1-14(2)23(20(24)15-9-11-22-12-10-15)13-16-7-8-19(25-16)17-5-3-4-6-18(17)21;/h3-8,14-15,22H,9-13H2,1-2H3;1H. The van der Waals surface area contributed by atoms with Crippen LogP contribution >= 0.6 is 23.7 Å². The van der Waals surface area contributed by atoms with Crippen molar-refractivity contribution >= 4 is 29.7 Å². The van der Waals surface area contributed by atoms with E-state index in [0.717, 1.165) is 35.7 Å². The molecule has 0 radical (unpaired) electrons. The van der Waals surface area contributed by atoms with Crippen molar-refractivity contribution in [3.8, 4) is 10.4 Å². The molecule has 0 spiro atoms. The van der Waals surface area contributed by atoms with Gasteiger partial charge in [-0.2, -0.15) is 0 Å². The Morgan fingerprint density at radius 3 is 2.58 bits per heavy atom. The van der Waals surface area contributed by atoms with E-state index in [1.165, 1.54) is 6.07 Å². The van der Waals surface area contributed by atoms with Gasteiger partial charge in [0.25, 0.3) is 0 Å². The first kappa shape index (κ1) is 20.9. The minimum atomic E-state index is -0.206.